The first-order chi connectivity index (χ1) is 7.90. The van der Waals surface area contributed by atoms with Gasteiger partial charge in [0, 0.05) is 11.9 Å². The molecule has 1 aromatic rings. The third-order valence-electron chi connectivity index (χ3n) is 2.49. The fourth-order valence-corrected chi connectivity index (χ4v) is 5.27. The first kappa shape index (κ1) is 14.1. The second kappa shape index (κ2) is 5.35. The molecule has 0 aromatic carbocycles. The van der Waals surface area contributed by atoms with Gasteiger partial charge < -0.3 is 0 Å². The van der Waals surface area contributed by atoms with Crippen molar-refractivity contribution in [2.45, 2.75) is 22.4 Å². The van der Waals surface area contributed by atoms with E-state index < -0.39 is 10.0 Å². The van der Waals surface area contributed by atoms with Gasteiger partial charge in [0.25, 0.3) is 0 Å². The van der Waals surface area contributed by atoms with Crippen molar-refractivity contribution in [3.8, 4) is 0 Å². The van der Waals surface area contributed by atoms with E-state index in [0.717, 1.165) is 24.2 Å². The molecular formula is C9H10BrCl2NO2S2. The van der Waals surface area contributed by atoms with Crippen LogP contribution in [0.3, 0.4) is 0 Å². The van der Waals surface area contributed by atoms with Gasteiger partial charge in [0.15, 0.2) is 0 Å². The van der Waals surface area contributed by atoms with E-state index in [1.165, 1.54) is 6.07 Å². The fraction of sp³-hybridized carbons (Fsp3) is 0.556. The van der Waals surface area contributed by atoms with Crippen molar-refractivity contribution >= 4 is 60.5 Å². The van der Waals surface area contributed by atoms with Gasteiger partial charge in [0.2, 0.25) is 10.0 Å². The normalized spacial score (nSPS) is 18.3. The second-order valence-corrected chi connectivity index (χ2v) is 9.22. The highest BCUT2D eigenvalue weighted by Crippen LogP contribution is 2.36. The Morgan fingerprint density at radius 3 is 2.71 bits per heavy atom. The van der Waals surface area contributed by atoms with Gasteiger partial charge in [0.05, 0.1) is 8.81 Å². The van der Waals surface area contributed by atoms with Crippen LogP contribution in [-0.2, 0) is 10.0 Å². The molecule has 1 aromatic heterocycles. The van der Waals surface area contributed by atoms with Crippen LogP contribution in [0.2, 0.25) is 5.02 Å². The average Bonchev–Trinajstić information content (AvgIpc) is 3.04. The first-order valence-corrected chi connectivity index (χ1v) is 8.89. The van der Waals surface area contributed by atoms with E-state index in [0.29, 0.717) is 14.7 Å². The average molecular weight is 379 g/mol. The van der Waals surface area contributed by atoms with Crippen molar-refractivity contribution in [3.05, 3.63) is 14.9 Å². The Morgan fingerprint density at radius 2 is 2.24 bits per heavy atom. The molecule has 17 heavy (non-hydrogen) atoms. The van der Waals surface area contributed by atoms with Gasteiger partial charge >= 0.3 is 0 Å². The largest absolute Gasteiger partial charge is 0.250 e. The molecule has 3 nitrogen and oxygen atoms in total. The maximum Gasteiger partial charge on any atom is 0.250 e. The van der Waals surface area contributed by atoms with Crippen molar-refractivity contribution in [2.24, 2.45) is 5.92 Å². The van der Waals surface area contributed by atoms with Gasteiger partial charge in [-0.3, -0.25) is 0 Å². The summed E-state index contributed by atoms with van der Waals surface area (Å²) in [6.45, 7) is 0.266. The minimum absolute atomic E-state index is 0.122. The zero-order valence-electron chi connectivity index (χ0n) is 8.62. The molecule has 1 N–H and O–H groups in total. The first-order valence-electron chi connectivity index (χ1n) is 4.98. The molecule has 1 aliphatic rings. The van der Waals surface area contributed by atoms with E-state index in [-0.39, 0.29) is 16.1 Å². The summed E-state index contributed by atoms with van der Waals surface area (Å²) in [6.07, 6.45) is 2.18. The summed E-state index contributed by atoms with van der Waals surface area (Å²) in [5, 5.41) is 0.281. The Bertz CT molecular complexity index is 494. The molecule has 1 saturated carbocycles. The predicted octanol–water partition coefficient (Wildman–Crippen LogP) is 3.46. The molecule has 1 aliphatic carbocycles. The molecule has 1 heterocycles. The van der Waals surface area contributed by atoms with Gasteiger partial charge in [-0.25, -0.2) is 13.1 Å². The van der Waals surface area contributed by atoms with Gasteiger partial charge in [-0.2, -0.15) is 0 Å². The van der Waals surface area contributed by atoms with Crippen LogP contribution in [0.25, 0.3) is 0 Å². The molecule has 0 bridgehead atoms. The molecule has 1 fully saturated rings. The maximum absolute atomic E-state index is 11.9. The van der Waals surface area contributed by atoms with Crippen LogP contribution in [-0.4, -0.2) is 20.3 Å². The Kier molecular flexibility index (Phi) is 4.43. The zero-order chi connectivity index (χ0) is 12.6. The van der Waals surface area contributed by atoms with E-state index in [2.05, 4.69) is 20.7 Å². The van der Waals surface area contributed by atoms with E-state index in [1.54, 1.807) is 0 Å². The topological polar surface area (TPSA) is 46.2 Å². The van der Waals surface area contributed by atoms with Crippen LogP contribution in [0.5, 0.6) is 0 Å². The number of hydrogen-bond acceptors (Lipinski definition) is 3. The van der Waals surface area contributed by atoms with Crippen molar-refractivity contribution < 1.29 is 8.42 Å². The molecule has 0 amide bonds. The van der Waals surface area contributed by atoms with Crippen LogP contribution >= 0.6 is 50.5 Å². The molecule has 0 spiro atoms. The Balaban J connectivity index is 2.02. The van der Waals surface area contributed by atoms with Crippen LogP contribution < -0.4 is 4.72 Å². The third kappa shape index (κ3) is 3.58. The lowest BCUT2D eigenvalue weighted by atomic mass is 10.3. The lowest BCUT2D eigenvalue weighted by Crippen LogP contribution is -2.30. The number of alkyl halides is 1. The van der Waals surface area contributed by atoms with E-state index >= 15 is 0 Å². The highest BCUT2D eigenvalue weighted by molar-refractivity contribution is 9.11. The SMILES string of the molecule is O=S(=O)(NCC(Cl)C1CC1)c1cc(Cl)c(Br)s1. The molecular weight excluding hydrogens is 369 g/mol. The molecule has 0 aliphatic heterocycles. The zero-order valence-corrected chi connectivity index (χ0v) is 13.4. The summed E-state index contributed by atoms with van der Waals surface area (Å²) in [6, 6.07) is 1.43. The third-order valence-corrected chi connectivity index (χ3v) is 7.37. The Hall–Kier alpha value is 0.670. The van der Waals surface area contributed by atoms with Crippen molar-refractivity contribution in [1.82, 2.24) is 4.72 Å². The van der Waals surface area contributed by atoms with Crippen LogP contribution in [0.4, 0.5) is 0 Å². The highest BCUT2D eigenvalue weighted by atomic mass is 79.9. The van der Waals surface area contributed by atoms with E-state index in [4.69, 9.17) is 23.2 Å². The number of rotatable bonds is 5. The van der Waals surface area contributed by atoms with Crippen molar-refractivity contribution in [3.63, 3.8) is 0 Å². The summed E-state index contributed by atoms with van der Waals surface area (Å²) in [5.41, 5.74) is 0. The fourth-order valence-electron chi connectivity index (χ4n) is 1.34. The van der Waals surface area contributed by atoms with E-state index in [1.807, 2.05) is 0 Å². The minimum atomic E-state index is -3.49. The monoisotopic (exact) mass is 377 g/mol. The second-order valence-electron chi connectivity index (χ2n) is 3.89. The standard InChI is InChI=1S/C9H10BrCl2NO2S2/c10-9-6(11)3-8(16-9)17(14,15)13-4-7(12)5-1-2-5/h3,5,7,13H,1-2,4H2. The number of halogens is 3. The van der Waals surface area contributed by atoms with Crippen LogP contribution in [0.15, 0.2) is 14.1 Å². The number of thiophene rings is 1. The van der Waals surface area contributed by atoms with E-state index in [9.17, 15) is 8.42 Å². The minimum Gasteiger partial charge on any atom is -0.209 e. The molecule has 8 heteroatoms. The summed E-state index contributed by atoms with van der Waals surface area (Å²) in [7, 11) is -3.49. The summed E-state index contributed by atoms with van der Waals surface area (Å²) >= 11 is 16.1. The Labute approximate surface area is 123 Å². The number of nitrogens with one attached hydrogen (secondary N) is 1. The number of hydrogen-bond donors (Lipinski definition) is 1. The summed E-state index contributed by atoms with van der Waals surface area (Å²) in [4.78, 5) is 0. The van der Waals surface area contributed by atoms with Crippen LogP contribution in [0, 0.1) is 5.92 Å². The summed E-state index contributed by atoms with van der Waals surface area (Å²) < 4.78 is 27.1. The predicted molar refractivity (Wildman–Crippen MR) is 74.6 cm³/mol. The van der Waals surface area contributed by atoms with Gasteiger partial charge in [-0.05, 0) is 40.8 Å². The molecule has 1 unspecified atom stereocenters. The molecule has 96 valence electrons. The molecule has 2 rings (SSSR count). The smallest absolute Gasteiger partial charge is 0.209 e. The van der Waals surface area contributed by atoms with Gasteiger partial charge in [0.1, 0.15) is 4.21 Å². The Morgan fingerprint density at radius 1 is 1.59 bits per heavy atom. The number of sulfonamides is 1. The van der Waals surface area contributed by atoms with Crippen LogP contribution in [0.1, 0.15) is 12.8 Å². The quantitative estimate of drug-likeness (QED) is 0.797. The van der Waals surface area contributed by atoms with Crippen molar-refractivity contribution in [2.75, 3.05) is 6.54 Å². The lowest BCUT2D eigenvalue weighted by molar-refractivity contribution is 0.578. The summed E-state index contributed by atoms with van der Waals surface area (Å²) in [5.74, 6) is 0.457. The van der Waals surface area contributed by atoms with Gasteiger partial charge in [-0.1, -0.05) is 11.6 Å². The molecule has 0 saturated heterocycles. The van der Waals surface area contributed by atoms with Gasteiger partial charge in [-0.15, -0.1) is 22.9 Å². The lowest BCUT2D eigenvalue weighted by Gasteiger charge is -2.08. The van der Waals surface area contributed by atoms with Crippen molar-refractivity contribution in [1.29, 1.82) is 0 Å². The molecule has 1 atom stereocenters. The highest BCUT2D eigenvalue weighted by Gasteiger charge is 2.31. The maximum atomic E-state index is 11.9. The molecule has 0 radical (unpaired) electrons.